The van der Waals surface area contributed by atoms with Crippen LogP contribution in [0.25, 0.3) is 0 Å². The maximum atomic E-state index is 10.6. The van der Waals surface area contributed by atoms with Crippen LogP contribution in [-0.2, 0) is 10.4 Å². The van der Waals surface area contributed by atoms with Crippen molar-refractivity contribution in [1.29, 1.82) is 0 Å². The Morgan fingerprint density at radius 3 is 2.44 bits per heavy atom. The van der Waals surface area contributed by atoms with Crippen molar-refractivity contribution in [1.82, 2.24) is 0 Å². The van der Waals surface area contributed by atoms with Gasteiger partial charge in [0.25, 0.3) is 0 Å². The first-order valence-corrected chi connectivity index (χ1v) is 5.18. The van der Waals surface area contributed by atoms with Crippen LogP contribution in [-0.4, -0.2) is 56.7 Å². The maximum absolute atomic E-state index is 10.6. The number of aliphatic hydroxyl groups is 5. The Morgan fingerprint density at radius 1 is 1.33 bits per heavy atom. The number of aliphatic hydroxyl groups excluding tert-OH is 4. The van der Waals surface area contributed by atoms with Crippen LogP contribution in [0.3, 0.4) is 0 Å². The molecule has 0 spiro atoms. The molecule has 18 heavy (non-hydrogen) atoms. The maximum Gasteiger partial charge on any atom is 0.366 e. The van der Waals surface area contributed by atoms with Gasteiger partial charge in [0, 0.05) is 12.1 Å². The Kier molecular flexibility index (Phi) is 4.88. The van der Waals surface area contributed by atoms with Crippen LogP contribution < -0.4 is 0 Å². The number of carbonyl (C=O) groups excluding carboxylic acids is 1. The summed E-state index contributed by atoms with van der Waals surface area (Å²) >= 11 is 0. The number of carbonyl (C=O) groups is 1. The smallest absolute Gasteiger partial charge is 0.366 e. The molecule has 0 aromatic carbocycles. The molecule has 7 heteroatoms. The number of rotatable bonds is 6. The molecule has 0 aliphatic rings. The van der Waals surface area contributed by atoms with E-state index in [2.05, 4.69) is 0 Å². The van der Waals surface area contributed by atoms with Crippen LogP contribution in [0, 0.1) is 0 Å². The van der Waals surface area contributed by atoms with Crippen molar-refractivity contribution in [2.45, 2.75) is 23.9 Å². The third-order valence-electron chi connectivity index (χ3n) is 2.61. The van der Waals surface area contributed by atoms with Gasteiger partial charge in [-0.15, -0.1) is 0 Å². The number of hydrogen-bond acceptors (Lipinski definition) is 6. The normalized spacial score (nSPS) is 19.6. The third kappa shape index (κ3) is 2.55. The van der Waals surface area contributed by atoms with Gasteiger partial charge in [0.05, 0.1) is 6.61 Å². The standard InChI is InChI=1S/C11H15O7/c12-5-7(14)10(16)11(17,8(15)6-13)9-3-1-2-4-18-9/h1-4,6-8,10,12,14-17H,5H2/q+1/t7-,8+,10+,11+/m1/s1. The van der Waals surface area contributed by atoms with Crippen LogP contribution >= 0.6 is 0 Å². The first-order valence-electron chi connectivity index (χ1n) is 5.18. The monoisotopic (exact) mass is 259 g/mol. The molecule has 0 fully saturated rings. The van der Waals surface area contributed by atoms with Crippen LogP contribution in [0.2, 0.25) is 0 Å². The summed E-state index contributed by atoms with van der Waals surface area (Å²) in [6.07, 6.45) is -4.63. The highest BCUT2D eigenvalue weighted by Crippen LogP contribution is 2.30. The predicted molar refractivity (Wildman–Crippen MR) is 58.2 cm³/mol. The summed E-state index contributed by atoms with van der Waals surface area (Å²) in [7, 11) is 0. The molecule has 0 saturated carbocycles. The molecule has 7 nitrogen and oxygen atoms in total. The summed E-state index contributed by atoms with van der Waals surface area (Å²) in [5, 5.41) is 47.6. The van der Waals surface area contributed by atoms with E-state index in [9.17, 15) is 25.2 Å². The van der Waals surface area contributed by atoms with Gasteiger partial charge in [-0.2, -0.15) is 0 Å². The van der Waals surface area contributed by atoms with Crippen molar-refractivity contribution < 1.29 is 34.7 Å². The zero-order chi connectivity index (χ0) is 13.8. The Balaban J connectivity index is 3.23. The van der Waals surface area contributed by atoms with Gasteiger partial charge in [0.1, 0.15) is 12.2 Å². The molecule has 1 aromatic rings. The van der Waals surface area contributed by atoms with E-state index in [4.69, 9.17) is 9.52 Å². The molecule has 0 aliphatic carbocycles. The van der Waals surface area contributed by atoms with E-state index in [1.807, 2.05) is 0 Å². The Hall–Kier alpha value is -1.38. The molecular weight excluding hydrogens is 244 g/mol. The molecule has 1 heterocycles. The van der Waals surface area contributed by atoms with E-state index in [-0.39, 0.29) is 12.0 Å². The van der Waals surface area contributed by atoms with E-state index in [1.165, 1.54) is 18.2 Å². The number of hydrogen-bond donors (Lipinski definition) is 5. The average molecular weight is 259 g/mol. The van der Waals surface area contributed by atoms with E-state index in [0.29, 0.717) is 0 Å². The van der Waals surface area contributed by atoms with E-state index in [1.54, 1.807) is 0 Å². The molecule has 4 atom stereocenters. The molecule has 5 N–H and O–H groups in total. The van der Waals surface area contributed by atoms with Crippen molar-refractivity contribution in [3.8, 4) is 0 Å². The van der Waals surface area contributed by atoms with Crippen LogP contribution in [0.4, 0.5) is 0 Å². The van der Waals surface area contributed by atoms with Crippen molar-refractivity contribution in [2.75, 3.05) is 6.61 Å². The van der Waals surface area contributed by atoms with E-state index >= 15 is 0 Å². The lowest BCUT2D eigenvalue weighted by molar-refractivity contribution is -0.194. The van der Waals surface area contributed by atoms with Crippen molar-refractivity contribution in [2.24, 2.45) is 0 Å². The Labute approximate surface area is 103 Å². The van der Waals surface area contributed by atoms with Gasteiger partial charge in [0.15, 0.2) is 12.4 Å². The van der Waals surface area contributed by atoms with Crippen LogP contribution in [0.15, 0.2) is 28.9 Å². The topological polar surface area (TPSA) is 130 Å². The van der Waals surface area contributed by atoms with Gasteiger partial charge in [-0.1, -0.05) is 0 Å². The lowest BCUT2D eigenvalue weighted by atomic mass is 9.85. The fourth-order valence-electron chi connectivity index (χ4n) is 1.53. The highest BCUT2D eigenvalue weighted by molar-refractivity contribution is 5.59. The predicted octanol–water partition coefficient (Wildman–Crippen LogP) is -1.98. The summed E-state index contributed by atoms with van der Waals surface area (Å²) < 4.78 is 4.91. The minimum Gasteiger partial charge on any atom is -0.394 e. The molecule has 100 valence electrons. The Bertz CT molecular complexity index is 382. The van der Waals surface area contributed by atoms with Gasteiger partial charge in [0.2, 0.25) is 5.60 Å². The largest absolute Gasteiger partial charge is 0.394 e. The van der Waals surface area contributed by atoms with Gasteiger partial charge in [-0.05, 0) is 6.07 Å². The van der Waals surface area contributed by atoms with E-state index in [0.717, 1.165) is 6.26 Å². The van der Waals surface area contributed by atoms with Gasteiger partial charge in [-0.25, -0.2) is 4.42 Å². The molecule has 0 unspecified atom stereocenters. The second-order valence-corrected chi connectivity index (χ2v) is 3.77. The lowest BCUT2D eigenvalue weighted by Crippen LogP contribution is -2.55. The minimum absolute atomic E-state index is 0.00413. The molecule has 1 aromatic heterocycles. The molecule has 1 rings (SSSR count). The molecule has 0 saturated heterocycles. The van der Waals surface area contributed by atoms with Crippen LogP contribution in [0.5, 0.6) is 0 Å². The molecule has 0 bridgehead atoms. The van der Waals surface area contributed by atoms with E-state index < -0.39 is 30.5 Å². The second kappa shape index (κ2) is 5.98. The quantitative estimate of drug-likeness (QED) is 0.296. The summed E-state index contributed by atoms with van der Waals surface area (Å²) in [5.74, 6) is -0.315. The van der Waals surface area contributed by atoms with Gasteiger partial charge < -0.3 is 30.3 Å². The number of aldehydes is 1. The fourth-order valence-corrected chi connectivity index (χ4v) is 1.53. The zero-order valence-corrected chi connectivity index (χ0v) is 9.38. The molecule has 0 radical (unpaired) electrons. The molecular formula is C11H15O7+. The SMILES string of the molecule is O=C[C@H](O)[C@](O)(c1cccc[o+]1)[C@@H](O)[C@H](O)CO. The zero-order valence-electron chi connectivity index (χ0n) is 9.38. The first kappa shape index (κ1) is 14.7. The highest BCUT2D eigenvalue weighted by atomic mass is 16.4. The second-order valence-electron chi connectivity index (χ2n) is 3.77. The average Bonchev–Trinajstić information content (AvgIpc) is 2.44. The van der Waals surface area contributed by atoms with Gasteiger partial charge in [-0.3, -0.25) is 0 Å². The summed E-state index contributed by atoms with van der Waals surface area (Å²) in [6, 6.07) is 4.14. The van der Waals surface area contributed by atoms with Crippen molar-refractivity contribution in [3.63, 3.8) is 0 Å². The highest BCUT2D eigenvalue weighted by Gasteiger charge is 2.54. The molecule has 0 amide bonds. The first-order chi connectivity index (χ1) is 8.48. The van der Waals surface area contributed by atoms with Crippen LogP contribution in [0.1, 0.15) is 5.76 Å². The van der Waals surface area contributed by atoms with Crippen molar-refractivity contribution >= 4 is 6.29 Å². The lowest BCUT2D eigenvalue weighted by Gasteiger charge is -2.31. The summed E-state index contributed by atoms with van der Waals surface area (Å²) in [4.78, 5) is 10.6. The summed E-state index contributed by atoms with van der Waals surface area (Å²) in [5.41, 5.74) is -2.55. The van der Waals surface area contributed by atoms with Gasteiger partial charge >= 0.3 is 12.0 Å². The third-order valence-corrected chi connectivity index (χ3v) is 2.61. The minimum atomic E-state index is -2.55. The van der Waals surface area contributed by atoms with Crippen molar-refractivity contribution in [3.05, 3.63) is 30.2 Å². The summed E-state index contributed by atoms with van der Waals surface area (Å²) in [6.45, 7) is -0.859. The fraction of sp³-hybridized carbons (Fsp3) is 0.455. The molecule has 0 aliphatic heterocycles. The Morgan fingerprint density at radius 2 is 2.00 bits per heavy atom.